The molecule has 1 aromatic rings. The highest BCUT2D eigenvalue weighted by molar-refractivity contribution is 5.67. The van der Waals surface area contributed by atoms with Gasteiger partial charge in [0.1, 0.15) is 6.61 Å². The Bertz CT molecular complexity index is 484. The zero-order valence-corrected chi connectivity index (χ0v) is 12.2. The molecule has 1 aromatic carbocycles. The Hall–Kier alpha value is -1.59. The van der Waals surface area contributed by atoms with Crippen LogP contribution in [0.15, 0.2) is 30.3 Å². The largest absolute Gasteiger partial charge is 0.445 e. The van der Waals surface area contributed by atoms with E-state index in [1.54, 1.807) is 4.90 Å². The second kappa shape index (κ2) is 6.03. The minimum absolute atomic E-state index is 0.0657. The topological polar surface area (TPSA) is 64.8 Å². The van der Waals surface area contributed by atoms with Crippen LogP contribution in [0.1, 0.15) is 18.4 Å². The van der Waals surface area contributed by atoms with Crippen molar-refractivity contribution in [1.82, 2.24) is 4.90 Å². The van der Waals surface area contributed by atoms with Crippen LogP contribution in [0.2, 0.25) is 0 Å². The third-order valence-corrected chi connectivity index (χ3v) is 4.70. The Kier molecular flexibility index (Phi) is 4.12. The molecule has 114 valence electrons. The first kappa shape index (κ1) is 14.4. The molecule has 21 heavy (non-hydrogen) atoms. The number of benzene rings is 1. The van der Waals surface area contributed by atoms with Crippen molar-refractivity contribution in [1.29, 1.82) is 0 Å². The maximum absolute atomic E-state index is 12.1. The summed E-state index contributed by atoms with van der Waals surface area (Å²) in [4.78, 5) is 13.9. The molecule has 5 heteroatoms. The molecule has 0 aromatic heterocycles. The normalized spacial score (nSPS) is 24.2. The molecule has 0 saturated carbocycles. The van der Waals surface area contributed by atoms with E-state index in [4.69, 9.17) is 15.2 Å². The number of piperidine rings is 1. The lowest BCUT2D eigenvalue weighted by Gasteiger charge is -2.40. The molecule has 0 radical (unpaired) electrons. The van der Waals surface area contributed by atoms with Crippen molar-refractivity contribution in [3.63, 3.8) is 0 Å². The van der Waals surface area contributed by atoms with Crippen molar-refractivity contribution in [2.24, 2.45) is 11.1 Å². The fourth-order valence-corrected chi connectivity index (χ4v) is 3.13. The summed E-state index contributed by atoms with van der Waals surface area (Å²) in [7, 11) is 0. The van der Waals surface area contributed by atoms with E-state index >= 15 is 0 Å². The van der Waals surface area contributed by atoms with Gasteiger partial charge in [-0.3, -0.25) is 0 Å². The number of carbonyl (C=O) groups excluding carboxylic acids is 1. The Balaban J connectivity index is 1.49. The van der Waals surface area contributed by atoms with Gasteiger partial charge >= 0.3 is 6.09 Å². The van der Waals surface area contributed by atoms with Gasteiger partial charge < -0.3 is 20.1 Å². The lowest BCUT2D eigenvalue weighted by Crippen LogP contribution is -2.50. The van der Waals surface area contributed by atoms with E-state index in [2.05, 4.69) is 0 Å². The lowest BCUT2D eigenvalue weighted by molar-refractivity contribution is 0.0511. The summed E-state index contributed by atoms with van der Waals surface area (Å²) in [5.74, 6) is 0. The smallest absolute Gasteiger partial charge is 0.410 e. The summed E-state index contributed by atoms with van der Waals surface area (Å²) in [6, 6.07) is 9.83. The highest BCUT2D eigenvalue weighted by Crippen LogP contribution is 2.38. The quantitative estimate of drug-likeness (QED) is 0.901. The molecule has 1 atom stereocenters. The Morgan fingerprint density at radius 2 is 2.05 bits per heavy atom. The first-order valence-corrected chi connectivity index (χ1v) is 7.49. The minimum Gasteiger partial charge on any atom is -0.445 e. The van der Waals surface area contributed by atoms with Crippen LogP contribution in [-0.4, -0.2) is 43.3 Å². The zero-order chi connectivity index (χ0) is 14.7. The van der Waals surface area contributed by atoms with Gasteiger partial charge in [-0.15, -0.1) is 0 Å². The van der Waals surface area contributed by atoms with E-state index in [1.807, 2.05) is 30.3 Å². The monoisotopic (exact) mass is 290 g/mol. The summed E-state index contributed by atoms with van der Waals surface area (Å²) in [5, 5.41) is 0. The fraction of sp³-hybridized carbons (Fsp3) is 0.562. The van der Waals surface area contributed by atoms with Gasteiger partial charge in [-0.25, -0.2) is 4.79 Å². The fourth-order valence-electron chi connectivity index (χ4n) is 3.13. The van der Waals surface area contributed by atoms with Crippen LogP contribution in [-0.2, 0) is 16.1 Å². The number of hydrogen-bond donors (Lipinski definition) is 1. The van der Waals surface area contributed by atoms with E-state index in [-0.39, 0.29) is 17.6 Å². The van der Waals surface area contributed by atoms with Gasteiger partial charge in [0.2, 0.25) is 0 Å². The number of nitrogens with zero attached hydrogens (tertiary/aromatic N) is 1. The van der Waals surface area contributed by atoms with Crippen LogP contribution >= 0.6 is 0 Å². The average Bonchev–Trinajstić information content (AvgIpc) is 2.87. The van der Waals surface area contributed by atoms with Gasteiger partial charge in [-0.05, 0) is 18.4 Å². The van der Waals surface area contributed by atoms with Crippen molar-refractivity contribution < 1.29 is 14.3 Å². The van der Waals surface area contributed by atoms with Crippen LogP contribution in [0.25, 0.3) is 0 Å². The molecule has 2 saturated heterocycles. The number of hydrogen-bond acceptors (Lipinski definition) is 4. The number of likely N-dealkylation sites (tertiary alicyclic amines) is 1. The number of nitrogens with two attached hydrogens (primary N) is 1. The molecule has 0 aliphatic carbocycles. The summed E-state index contributed by atoms with van der Waals surface area (Å²) in [5.41, 5.74) is 7.21. The maximum atomic E-state index is 12.1. The Morgan fingerprint density at radius 1 is 1.33 bits per heavy atom. The predicted octanol–water partition coefficient (Wildman–Crippen LogP) is 1.76. The molecule has 2 aliphatic heterocycles. The van der Waals surface area contributed by atoms with Crippen molar-refractivity contribution in [2.75, 3.05) is 26.3 Å². The highest BCUT2D eigenvalue weighted by Gasteiger charge is 2.44. The highest BCUT2D eigenvalue weighted by atomic mass is 16.6. The number of ether oxygens (including phenoxy) is 2. The van der Waals surface area contributed by atoms with Crippen LogP contribution < -0.4 is 5.73 Å². The van der Waals surface area contributed by atoms with Crippen LogP contribution in [0.5, 0.6) is 0 Å². The lowest BCUT2D eigenvalue weighted by atomic mass is 9.75. The molecule has 2 heterocycles. The minimum atomic E-state index is -0.235. The van der Waals surface area contributed by atoms with Crippen molar-refractivity contribution in [3.05, 3.63) is 35.9 Å². The summed E-state index contributed by atoms with van der Waals surface area (Å²) in [6.45, 7) is 3.08. The number of rotatable bonds is 2. The molecular formula is C16H22N2O3. The van der Waals surface area contributed by atoms with Gasteiger partial charge in [-0.2, -0.15) is 0 Å². The predicted molar refractivity (Wildman–Crippen MR) is 78.7 cm³/mol. The zero-order valence-electron chi connectivity index (χ0n) is 12.2. The van der Waals surface area contributed by atoms with E-state index in [1.165, 1.54) is 0 Å². The van der Waals surface area contributed by atoms with E-state index in [0.717, 1.165) is 25.0 Å². The van der Waals surface area contributed by atoms with Crippen molar-refractivity contribution >= 4 is 6.09 Å². The number of amides is 1. The molecule has 1 spiro atoms. The third-order valence-electron chi connectivity index (χ3n) is 4.70. The molecular weight excluding hydrogens is 268 g/mol. The molecule has 2 aliphatic rings. The van der Waals surface area contributed by atoms with E-state index in [9.17, 15) is 4.79 Å². The third kappa shape index (κ3) is 3.04. The Morgan fingerprint density at radius 3 is 2.67 bits per heavy atom. The molecule has 5 nitrogen and oxygen atoms in total. The second-order valence-corrected chi connectivity index (χ2v) is 6.01. The van der Waals surface area contributed by atoms with Crippen LogP contribution in [0.3, 0.4) is 0 Å². The van der Waals surface area contributed by atoms with Crippen molar-refractivity contribution in [3.8, 4) is 0 Å². The standard InChI is InChI=1S/C16H22N2O3/c17-14-11-20-12-16(14)6-8-18(9-7-16)15(19)21-10-13-4-2-1-3-5-13/h1-5,14H,6-12,17H2/t14-/m1/s1. The van der Waals surface area contributed by atoms with E-state index < -0.39 is 0 Å². The molecule has 3 rings (SSSR count). The van der Waals surface area contributed by atoms with Gasteiger partial charge in [-0.1, -0.05) is 30.3 Å². The van der Waals surface area contributed by atoms with Crippen LogP contribution in [0.4, 0.5) is 4.79 Å². The first-order chi connectivity index (χ1) is 10.2. The number of carbonyl (C=O) groups is 1. The summed E-state index contributed by atoms with van der Waals surface area (Å²) >= 11 is 0. The van der Waals surface area contributed by atoms with E-state index in [0.29, 0.717) is 26.3 Å². The SMILES string of the molecule is N[C@@H]1COCC12CCN(C(=O)OCc1ccccc1)CC2. The molecule has 2 fully saturated rings. The molecule has 2 N–H and O–H groups in total. The average molecular weight is 290 g/mol. The maximum Gasteiger partial charge on any atom is 0.410 e. The van der Waals surface area contributed by atoms with Gasteiger partial charge in [0.25, 0.3) is 0 Å². The summed E-state index contributed by atoms with van der Waals surface area (Å²) < 4.78 is 10.9. The van der Waals surface area contributed by atoms with Gasteiger partial charge in [0, 0.05) is 24.5 Å². The van der Waals surface area contributed by atoms with Crippen LogP contribution in [0, 0.1) is 5.41 Å². The molecule has 0 bridgehead atoms. The molecule has 1 amide bonds. The summed E-state index contributed by atoms with van der Waals surface area (Å²) in [6.07, 6.45) is 1.56. The molecule has 0 unspecified atom stereocenters. The second-order valence-electron chi connectivity index (χ2n) is 6.01. The first-order valence-electron chi connectivity index (χ1n) is 7.49. The van der Waals surface area contributed by atoms with Gasteiger partial charge in [0.05, 0.1) is 13.2 Å². The van der Waals surface area contributed by atoms with Crippen molar-refractivity contribution in [2.45, 2.75) is 25.5 Å². The Labute approximate surface area is 125 Å². The van der Waals surface area contributed by atoms with Gasteiger partial charge in [0.15, 0.2) is 0 Å².